The third-order valence-corrected chi connectivity index (χ3v) is 3.47. The molecule has 0 bridgehead atoms. The molecule has 1 aliphatic heterocycles. The number of nitrogens with zero attached hydrogens (tertiary/aromatic N) is 2. The standard InChI is InChI=1S/C13H24N4/c1-2-8-17-9-3-4-12(5-10-17)16-11-13-14-6-7-15-13/h6-7,12,16H,2-5,8-11H2,1H3,(H,14,15). The van der Waals surface area contributed by atoms with Crippen molar-refractivity contribution >= 4 is 0 Å². The molecular formula is C13H24N4. The second-order valence-corrected chi connectivity index (χ2v) is 4.89. The van der Waals surface area contributed by atoms with Crippen LogP contribution in [0.2, 0.25) is 0 Å². The number of imidazole rings is 1. The fraction of sp³-hybridized carbons (Fsp3) is 0.769. The molecule has 0 spiro atoms. The fourth-order valence-corrected chi connectivity index (χ4v) is 2.54. The number of hydrogen-bond acceptors (Lipinski definition) is 3. The van der Waals surface area contributed by atoms with E-state index in [4.69, 9.17) is 0 Å². The summed E-state index contributed by atoms with van der Waals surface area (Å²) in [6, 6.07) is 0.655. The maximum atomic E-state index is 4.24. The van der Waals surface area contributed by atoms with Crippen LogP contribution in [0.15, 0.2) is 12.4 Å². The first-order valence-electron chi connectivity index (χ1n) is 6.82. The van der Waals surface area contributed by atoms with Crippen molar-refractivity contribution in [2.24, 2.45) is 0 Å². The first kappa shape index (κ1) is 12.6. The first-order chi connectivity index (χ1) is 8.38. The summed E-state index contributed by atoms with van der Waals surface area (Å²) in [6.07, 6.45) is 8.84. The minimum Gasteiger partial charge on any atom is -0.348 e. The SMILES string of the molecule is CCCN1CCCC(NCc2ncc[nH]2)CC1. The molecule has 96 valence electrons. The third-order valence-electron chi connectivity index (χ3n) is 3.47. The molecule has 0 aliphatic carbocycles. The smallest absolute Gasteiger partial charge is 0.120 e. The molecule has 0 amide bonds. The molecule has 1 aliphatic rings. The zero-order chi connectivity index (χ0) is 11.9. The van der Waals surface area contributed by atoms with Crippen molar-refractivity contribution in [3.8, 4) is 0 Å². The average Bonchev–Trinajstić information content (AvgIpc) is 2.75. The lowest BCUT2D eigenvalue weighted by Gasteiger charge is -2.19. The molecule has 2 heterocycles. The normalized spacial score (nSPS) is 22.5. The van der Waals surface area contributed by atoms with E-state index >= 15 is 0 Å². The van der Waals surface area contributed by atoms with E-state index in [1.54, 1.807) is 0 Å². The van der Waals surface area contributed by atoms with Gasteiger partial charge in [0.15, 0.2) is 0 Å². The summed E-state index contributed by atoms with van der Waals surface area (Å²) in [4.78, 5) is 9.97. The van der Waals surface area contributed by atoms with Gasteiger partial charge in [-0.25, -0.2) is 4.98 Å². The topological polar surface area (TPSA) is 44.0 Å². The molecule has 1 saturated heterocycles. The fourth-order valence-electron chi connectivity index (χ4n) is 2.54. The van der Waals surface area contributed by atoms with Gasteiger partial charge >= 0.3 is 0 Å². The van der Waals surface area contributed by atoms with Gasteiger partial charge in [0.2, 0.25) is 0 Å². The maximum Gasteiger partial charge on any atom is 0.120 e. The Bertz CT molecular complexity index is 296. The summed E-state index contributed by atoms with van der Waals surface area (Å²) < 4.78 is 0. The molecule has 1 fully saturated rings. The van der Waals surface area contributed by atoms with Crippen LogP contribution in [0.5, 0.6) is 0 Å². The van der Waals surface area contributed by atoms with Crippen molar-refractivity contribution in [2.75, 3.05) is 19.6 Å². The zero-order valence-corrected chi connectivity index (χ0v) is 10.8. The summed E-state index contributed by atoms with van der Waals surface area (Å²) in [6.45, 7) is 6.89. The Hall–Kier alpha value is -0.870. The Balaban J connectivity index is 1.71. The Morgan fingerprint density at radius 2 is 2.41 bits per heavy atom. The van der Waals surface area contributed by atoms with E-state index < -0.39 is 0 Å². The summed E-state index contributed by atoms with van der Waals surface area (Å²) in [5, 5.41) is 3.61. The van der Waals surface area contributed by atoms with E-state index in [1.165, 1.54) is 45.3 Å². The predicted molar refractivity (Wildman–Crippen MR) is 69.8 cm³/mol. The number of hydrogen-bond donors (Lipinski definition) is 2. The van der Waals surface area contributed by atoms with E-state index in [2.05, 4.69) is 27.1 Å². The summed E-state index contributed by atoms with van der Waals surface area (Å²) in [5.41, 5.74) is 0. The highest BCUT2D eigenvalue weighted by Crippen LogP contribution is 2.11. The average molecular weight is 236 g/mol. The second-order valence-electron chi connectivity index (χ2n) is 4.89. The third kappa shape index (κ3) is 4.13. The van der Waals surface area contributed by atoms with Crippen LogP contribution >= 0.6 is 0 Å². The van der Waals surface area contributed by atoms with Crippen molar-refractivity contribution in [1.82, 2.24) is 20.2 Å². The molecule has 4 nitrogen and oxygen atoms in total. The highest BCUT2D eigenvalue weighted by atomic mass is 15.1. The molecule has 0 radical (unpaired) electrons. The van der Waals surface area contributed by atoms with Gasteiger partial charge in [-0.15, -0.1) is 0 Å². The van der Waals surface area contributed by atoms with E-state index in [0.717, 1.165) is 12.4 Å². The molecule has 1 aromatic heterocycles. The van der Waals surface area contributed by atoms with Crippen molar-refractivity contribution in [2.45, 2.75) is 45.2 Å². The second kappa shape index (κ2) is 6.77. The Labute approximate surface area is 104 Å². The van der Waals surface area contributed by atoms with Gasteiger partial charge in [-0.05, 0) is 45.3 Å². The zero-order valence-electron chi connectivity index (χ0n) is 10.8. The Kier molecular flexibility index (Phi) is 5.01. The van der Waals surface area contributed by atoms with Crippen LogP contribution in [0.4, 0.5) is 0 Å². The van der Waals surface area contributed by atoms with Crippen molar-refractivity contribution in [3.05, 3.63) is 18.2 Å². The van der Waals surface area contributed by atoms with Crippen molar-refractivity contribution in [3.63, 3.8) is 0 Å². The van der Waals surface area contributed by atoms with Crippen LogP contribution in [0.3, 0.4) is 0 Å². The van der Waals surface area contributed by atoms with Gasteiger partial charge in [-0.2, -0.15) is 0 Å². The van der Waals surface area contributed by atoms with Gasteiger partial charge < -0.3 is 15.2 Å². The van der Waals surface area contributed by atoms with Gasteiger partial charge in [0, 0.05) is 18.4 Å². The molecule has 0 aromatic carbocycles. The Morgan fingerprint density at radius 1 is 1.47 bits per heavy atom. The van der Waals surface area contributed by atoms with E-state index in [0.29, 0.717) is 6.04 Å². The molecular weight excluding hydrogens is 212 g/mol. The monoisotopic (exact) mass is 236 g/mol. The quantitative estimate of drug-likeness (QED) is 0.819. The van der Waals surface area contributed by atoms with Gasteiger partial charge in [0.1, 0.15) is 5.82 Å². The number of rotatable bonds is 5. The molecule has 1 unspecified atom stereocenters. The number of nitrogens with one attached hydrogen (secondary N) is 2. The van der Waals surface area contributed by atoms with Gasteiger partial charge in [0.25, 0.3) is 0 Å². The highest BCUT2D eigenvalue weighted by molar-refractivity contribution is 4.87. The lowest BCUT2D eigenvalue weighted by molar-refractivity contribution is 0.282. The lowest BCUT2D eigenvalue weighted by atomic mass is 10.1. The van der Waals surface area contributed by atoms with Crippen LogP contribution in [0, 0.1) is 0 Å². The number of H-pyrrole nitrogens is 1. The molecule has 2 N–H and O–H groups in total. The van der Waals surface area contributed by atoms with Gasteiger partial charge in [0.05, 0.1) is 6.54 Å². The van der Waals surface area contributed by atoms with E-state index in [-0.39, 0.29) is 0 Å². The molecule has 1 aromatic rings. The predicted octanol–water partition coefficient (Wildman–Crippen LogP) is 1.76. The van der Waals surface area contributed by atoms with Gasteiger partial charge in [-0.1, -0.05) is 6.92 Å². The minimum absolute atomic E-state index is 0.655. The van der Waals surface area contributed by atoms with Crippen molar-refractivity contribution < 1.29 is 0 Å². The Morgan fingerprint density at radius 3 is 3.18 bits per heavy atom. The summed E-state index contributed by atoms with van der Waals surface area (Å²) >= 11 is 0. The van der Waals surface area contributed by atoms with E-state index in [1.807, 2.05) is 12.4 Å². The number of aromatic amines is 1. The van der Waals surface area contributed by atoms with Crippen LogP contribution in [-0.4, -0.2) is 40.5 Å². The molecule has 17 heavy (non-hydrogen) atoms. The first-order valence-corrected chi connectivity index (χ1v) is 6.82. The molecule has 4 heteroatoms. The molecule has 2 rings (SSSR count). The summed E-state index contributed by atoms with van der Waals surface area (Å²) in [5.74, 6) is 1.04. The van der Waals surface area contributed by atoms with Crippen molar-refractivity contribution in [1.29, 1.82) is 0 Å². The summed E-state index contributed by atoms with van der Waals surface area (Å²) in [7, 11) is 0. The number of aromatic nitrogens is 2. The molecule has 0 saturated carbocycles. The molecule has 1 atom stereocenters. The highest BCUT2D eigenvalue weighted by Gasteiger charge is 2.15. The minimum atomic E-state index is 0.655. The van der Waals surface area contributed by atoms with Crippen LogP contribution in [0.1, 0.15) is 38.4 Å². The lowest BCUT2D eigenvalue weighted by Crippen LogP contribution is -2.31. The number of likely N-dealkylation sites (tertiary alicyclic amines) is 1. The van der Waals surface area contributed by atoms with Crippen LogP contribution < -0.4 is 5.32 Å². The van der Waals surface area contributed by atoms with Gasteiger partial charge in [-0.3, -0.25) is 0 Å². The van der Waals surface area contributed by atoms with Crippen LogP contribution in [-0.2, 0) is 6.54 Å². The van der Waals surface area contributed by atoms with Crippen LogP contribution in [0.25, 0.3) is 0 Å². The maximum absolute atomic E-state index is 4.24. The largest absolute Gasteiger partial charge is 0.348 e. The van der Waals surface area contributed by atoms with E-state index in [9.17, 15) is 0 Å².